The summed E-state index contributed by atoms with van der Waals surface area (Å²) in [5, 5.41) is 3.42. The summed E-state index contributed by atoms with van der Waals surface area (Å²) in [6.45, 7) is 8.81. The van der Waals surface area contributed by atoms with E-state index in [0.29, 0.717) is 6.04 Å². The molecule has 1 N–H and O–H groups in total. The van der Waals surface area contributed by atoms with Gasteiger partial charge in [0.05, 0.1) is 0 Å². The fourth-order valence-electron chi connectivity index (χ4n) is 2.13. The first kappa shape index (κ1) is 13.4. The summed E-state index contributed by atoms with van der Waals surface area (Å²) in [5.41, 5.74) is 1.27. The van der Waals surface area contributed by atoms with Crippen molar-refractivity contribution in [2.24, 2.45) is 10.9 Å². The predicted octanol–water partition coefficient (Wildman–Crippen LogP) is 3.19. The molecular weight excluding hydrogens is 196 g/mol. The van der Waals surface area contributed by atoms with Crippen molar-refractivity contribution in [3.05, 3.63) is 11.6 Å². The van der Waals surface area contributed by atoms with Gasteiger partial charge in [0.2, 0.25) is 0 Å². The van der Waals surface area contributed by atoms with Crippen LogP contribution in [0.2, 0.25) is 0 Å². The Kier molecular flexibility index (Phi) is 6.39. The van der Waals surface area contributed by atoms with Crippen molar-refractivity contribution >= 4 is 6.21 Å². The van der Waals surface area contributed by atoms with E-state index in [1.807, 2.05) is 6.21 Å². The molecule has 1 aliphatic rings. The fourth-order valence-corrected chi connectivity index (χ4v) is 2.13. The van der Waals surface area contributed by atoms with Crippen LogP contribution >= 0.6 is 0 Å². The molecular formula is C14H26N2. The summed E-state index contributed by atoms with van der Waals surface area (Å²) < 4.78 is 0. The first-order valence-electron chi connectivity index (χ1n) is 6.63. The van der Waals surface area contributed by atoms with Gasteiger partial charge in [-0.2, -0.15) is 0 Å². The van der Waals surface area contributed by atoms with E-state index in [-0.39, 0.29) is 0 Å². The van der Waals surface area contributed by atoms with Crippen LogP contribution in [0.5, 0.6) is 0 Å². The topological polar surface area (TPSA) is 24.4 Å². The molecule has 0 radical (unpaired) electrons. The lowest BCUT2D eigenvalue weighted by atomic mass is 9.90. The third-order valence-electron chi connectivity index (χ3n) is 3.48. The minimum atomic E-state index is 0.526. The van der Waals surface area contributed by atoms with Crippen LogP contribution in [0, 0.1) is 5.92 Å². The van der Waals surface area contributed by atoms with E-state index < -0.39 is 0 Å². The zero-order valence-electron chi connectivity index (χ0n) is 11.0. The van der Waals surface area contributed by atoms with Crippen LogP contribution in [-0.2, 0) is 0 Å². The minimum Gasteiger partial charge on any atom is -0.317 e. The first-order valence-corrected chi connectivity index (χ1v) is 6.63. The molecule has 1 atom stereocenters. The van der Waals surface area contributed by atoms with Crippen LogP contribution in [0.1, 0.15) is 46.5 Å². The minimum absolute atomic E-state index is 0.526. The average molecular weight is 222 g/mol. The second-order valence-corrected chi connectivity index (χ2v) is 4.80. The molecule has 1 fully saturated rings. The zero-order chi connectivity index (χ0) is 11.8. The van der Waals surface area contributed by atoms with Gasteiger partial charge < -0.3 is 5.32 Å². The number of piperidine rings is 1. The third kappa shape index (κ3) is 4.93. The maximum Gasteiger partial charge on any atom is 0.0499 e. The Morgan fingerprint density at radius 3 is 2.69 bits per heavy atom. The molecule has 2 nitrogen and oxygen atoms in total. The Bertz CT molecular complexity index is 237. The van der Waals surface area contributed by atoms with Crippen LogP contribution in [-0.4, -0.2) is 25.3 Å². The standard InChI is InChI=1S/C14H26N2/c1-4-12(3)11-16-14(5-2)10-13-6-8-15-9-7-13/h4,11,13-15H,5-10H2,1-3H3/b12-4-,16-11?. The van der Waals surface area contributed by atoms with Gasteiger partial charge in [-0.05, 0) is 64.1 Å². The van der Waals surface area contributed by atoms with E-state index in [0.717, 1.165) is 12.3 Å². The van der Waals surface area contributed by atoms with Crippen molar-refractivity contribution in [2.75, 3.05) is 13.1 Å². The van der Waals surface area contributed by atoms with E-state index in [9.17, 15) is 0 Å². The molecule has 0 bridgehead atoms. The smallest absolute Gasteiger partial charge is 0.0499 e. The average Bonchev–Trinajstić information content (AvgIpc) is 2.35. The maximum atomic E-state index is 4.69. The second kappa shape index (κ2) is 7.61. The summed E-state index contributed by atoms with van der Waals surface area (Å²) in [5.74, 6) is 0.884. The predicted molar refractivity (Wildman–Crippen MR) is 72.2 cm³/mol. The number of nitrogens with one attached hydrogen (secondary N) is 1. The van der Waals surface area contributed by atoms with Crippen molar-refractivity contribution in [1.29, 1.82) is 0 Å². The number of aliphatic imine (C=N–C) groups is 1. The molecule has 0 aromatic carbocycles. The van der Waals surface area contributed by atoms with E-state index in [2.05, 4.69) is 32.2 Å². The maximum absolute atomic E-state index is 4.69. The molecule has 1 heterocycles. The van der Waals surface area contributed by atoms with Crippen molar-refractivity contribution < 1.29 is 0 Å². The molecule has 0 aromatic rings. The lowest BCUT2D eigenvalue weighted by Gasteiger charge is -2.24. The number of hydrogen-bond donors (Lipinski definition) is 1. The molecule has 92 valence electrons. The van der Waals surface area contributed by atoms with Crippen LogP contribution in [0.15, 0.2) is 16.6 Å². The van der Waals surface area contributed by atoms with Crippen molar-refractivity contribution in [3.8, 4) is 0 Å². The summed E-state index contributed by atoms with van der Waals surface area (Å²) >= 11 is 0. The molecule has 0 aromatic heterocycles. The SMILES string of the molecule is C/C=C(/C)C=NC(CC)CC1CCNCC1. The lowest BCUT2D eigenvalue weighted by Crippen LogP contribution is -2.29. The molecule has 0 spiro atoms. The molecule has 0 amide bonds. The molecule has 2 heteroatoms. The van der Waals surface area contributed by atoms with Gasteiger partial charge in [-0.25, -0.2) is 0 Å². The van der Waals surface area contributed by atoms with E-state index in [1.165, 1.54) is 37.9 Å². The molecule has 1 saturated heterocycles. The Morgan fingerprint density at radius 2 is 2.12 bits per heavy atom. The van der Waals surface area contributed by atoms with Gasteiger partial charge in [0.15, 0.2) is 0 Å². The largest absolute Gasteiger partial charge is 0.317 e. The quantitative estimate of drug-likeness (QED) is 0.710. The van der Waals surface area contributed by atoms with Gasteiger partial charge in [-0.1, -0.05) is 13.0 Å². The first-order chi connectivity index (χ1) is 7.76. The number of hydrogen-bond acceptors (Lipinski definition) is 2. The van der Waals surface area contributed by atoms with Crippen LogP contribution < -0.4 is 5.32 Å². The number of rotatable bonds is 5. The van der Waals surface area contributed by atoms with E-state index in [4.69, 9.17) is 4.99 Å². The monoisotopic (exact) mass is 222 g/mol. The van der Waals surface area contributed by atoms with E-state index >= 15 is 0 Å². The molecule has 0 saturated carbocycles. The fraction of sp³-hybridized carbons (Fsp3) is 0.786. The highest BCUT2D eigenvalue weighted by atomic mass is 14.9. The highest BCUT2D eigenvalue weighted by molar-refractivity contribution is 5.77. The second-order valence-electron chi connectivity index (χ2n) is 4.80. The molecule has 16 heavy (non-hydrogen) atoms. The van der Waals surface area contributed by atoms with Gasteiger partial charge in [0, 0.05) is 12.3 Å². The highest BCUT2D eigenvalue weighted by Gasteiger charge is 2.16. The van der Waals surface area contributed by atoms with Crippen molar-refractivity contribution in [2.45, 2.75) is 52.5 Å². The summed E-state index contributed by atoms with van der Waals surface area (Å²) in [4.78, 5) is 4.69. The third-order valence-corrected chi connectivity index (χ3v) is 3.48. The summed E-state index contributed by atoms with van der Waals surface area (Å²) in [6, 6.07) is 0.526. The van der Waals surface area contributed by atoms with Crippen LogP contribution in [0.25, 0.3) is 0 Å². The van der Waals surface area contributed by atoms with Gasteiger partial charge in [-0.3, -0.25) is 4.99 Å². The van der Waals surface area contributed by atoms with E-state index in [1.54, 1.807) is 0 Å². The van der Waals surface area contributed by atoms with Crippen molar-refractivity contribution in [1.82, 2.24) is 5.32 Å². The Hall–Kier alpha value is -0.630. The Balaban J connectivity index is 2.38. The van der Waals surface area contributed by atoms with Crippen LogP contribution in [0.3, 0.4) is 0 Å². The molecule has 1 aliphatic heterocycles. The zero-order valence-corrected chi connectivity index (χ0v) is 11.0. The van der Waals surface area contributed by atoms with Gasteiger partial charge >= 0.3 is 0 Å². The highest BCUT2D eigenvalue weighted by Crippen LogP contribution is 2.20. The molecule has 0 aliphatic carbocycles. The number of nitrogens with zero attached hydrogens (tertiary/aromatic N) is 1. The van der Waals surface area contributed by atoms with Crippen LogP contribution in [0.4, 0.5) is 0 Å². The normalized spacial score (nSPS) is 21.6. The van der Waals surface area contributed by atoms with Gasteiger partial charge in [0.25, 0.3) is 0 Å². The van der Waals surface area contributed by atoms with Crippen molar-refractivity contribution in [3.63, 3.8) is 0 Å². The van der Waals surface area contributed by atoms with Gasteiger partial charge in [0.1, 0.15) is 0 Å². The number of allylic oxidation sites excluding steroid dienone is 2. The summed E-state index contributed by atoms with van der Waals surface area (Å²) in [7, 11) is 0. The summed E-state index contributed by atoms with van der Waals surface area (Å²) in [6.07, 6.45) is 9.24. The molecule has 1 unspecified atom stereocenters. The molecule has 1 rings (SSSR count). The Morgan fingerprint density at radius 1 is 1.44 bits per heavy atom. The lowest BCUT2D eigenvalue weighted by molar-refractivity contribution is 0.329. The van der Waals surface area contributed by atoms with Gasteiger partial charge in [-0.15, -0.1) is 0 Å². The Labute approximate surface area is 100 Å².